The number of carbonyl (C=O) groups is 1. The number of aromatic nitrogens is 4. The van der Waals surface area contributed by atoms with Crippen molar-refractivity contribution in [2.24, 2.45) is 0 Å². The second-order valence-corrected chi connectivity index (χ2v) is 6.55. The van der Waals surface area contributed by atoms with Crippen molar-refractivity contribution < 1.29 is 9.53 Å². The molecule has 2 aromatic heterocycles. The molecule has 2 aliphatic rings. The van der Waals surface area contributed by atoms with E-state index in [-0.39, 0.29) is 17.6 Å². The molecule has 1 unspecified atom stereocenters. The number of urea groups is 1. The van der Waals surface area contributed by atoms with Gasteiger partial charge in [-0.25, -0.2) is 14.5 Å². The second kappa shape index (κ2) is 7.28. The number of ether oxygens (including phenoxy) is 1. The fourth-order valence-electron chi connectivity index (χ4n) is 3.51. The SMILES string of the molecule is O=C(N1CCOCC1)N1CCCC1Cn1nc(-n2ccnc2)ccc1=O. The number of carbonyl (C=O) groups excluding carboxylic acids is 1. The Balaban J connectivity index is 1.51. The molecule has 2 aliphatic heterocycles. The molecular formula is C17H22N6O3. The molecule has 0 spiro atoms. The third kappa shape index (κ3) is 3.34. The highest BCUT2D eigenvalue weighted by atomic mass is 16.5. The van der Waals surface area contributed by atoms with Gasteiger partial charge in [-0.3, -0.25) is 9.36 Å². The lowest BCUT2D eigenvalue weighted by molar-refractivity contribution is 0.0414. The molecule has 0 aromatic carbocycles. The molecule has 9 heteroatoms. The predicted octanol–water partition coefficient (Wildman–Crippen LogP) is 0.346. The molecule has 2 aromatic rings. The minimum absolute atomic E-state index is 0.0198. The standard InChI is InChI=1S/C17H22N6O3/c24-16-4-3-15(21-7-5-18-13-21)19-23(16)12-14-2-1-6-22(14)17(25)20-8-10-26-11-9-20/h3-5,7,13-14H,1-2,6,8-12H2. The van der Waals surface area contributed by atoms with Gasteiger partial charge in [0.1, 0.15) is 6.33 Å². The largest absolute Gasteiger partial charge is 0.378 e. The van der Waals surface area contributed by atoms with E-state index in [2.05, 4.69) is 10.1 Å². The summed E-state index contributed by atoms with van der Waals surface area (Å²) in [4.78, 5) is 32.8. The second-order valence-electron chi connectivity index (χ2n) is 6.55. The monoisotopic (exact) mass is 358 g/mol. The van der Waals surface area contributed by atoms with Crippen LogP contribution in [0.5, 0.6) is 0 Å². The highest BCUT2D eigenvalue weighted by Gasteiger charge is 2.33. The summed E-state index contributed by atoms with van der Waals surface area (Å²) in [5, 5.41) is 4.44. The molecular weight excluding hydrogens is 336 g/mol. The summed E-state index contributed by atoms with van der Waals surface area (Å²) < 4.78 is 8.52. The first-order valence-corrected chi connectivity index (χ1v) is 8.92. The Morgan fingerprint density at radius 3 is 2.85 bits per heavy atom. The van der Waals surface area contributed by atoms with Crippen molar-refractivity contribution >= 4 is 6.03 Å². The Bertz CT molecular complexity index is 812. The summed E-state index contributed by atoms with van der Waals surface area (Å²) in [6, 6.07) is 3.19. The predicted molar refractivity (Wildman–Crippen MR) is 93.1 cm³/mol. The summed E-state index contributed by atoms with van der Waals surface area (Å²) in [6.07, 6.45) is 6.90. The quantitative estimate of drug-likeness (QED) is 0.790. The van der Waals surface area contributed by atoms with Crippen molar-refractivity contribution in [3.63, 3.8) is 0 Å². The Morgan fingerprint density at radius 2 is 2.08 bits per heavy atom. The van der Waals surface area contributed by atoms with E-state index < -0.39 is 0 Å². The highest BCUT2D eigenvalue weighted by molar-refractivity contribution is 5.75. The maximum absolute atomic E-state index is 12.8. The van der Waals surface area contributed by atoms with Crippen LogP contribution in [0.15, 0.2) is 35.6 Å². The molecule has 4 heterocycles. The summed E-state index contributed by atoms with van der Waals surface area (Å²) in [5.41, 5.74) is -0.167. The molecule has 138 valence electrons. The van der Waals surface area contributed by atoms with E-state index in [0.717, 1.165) is 19.4 Å². The molecule has 9 nitrogen and oxygen atoms in total. The smallest absolute Gasteiger partial charge is 0.320 e. The van der Waals surface area contributed by atoms with E-state index in [4.69, 9.17) is 4.74 Å². The average Bonchev–Trinajstić information content (AvgIpc) is 3.36. The first-order valence-electron chi connectivity index (χ1n) is 8.92. The zero-order valence-electron chi connectivity index (χ0n) is 14.5. The highest BCUT2D eigenvalue weighted by Crippen LogP contribution is 2.20. The van der Waals surface area contributed by atoms with Gasteiger partial charge in [0.25, 0.3) is 5.56 Å². The molecule has 2 saturated heterocycles. The van der Waals surface area contributed by atoms with Crippen LogP contribution in [-0.4, -0.2) is 74.1 Å². The summed E-state index contributed by atoms with van der Waals surface area (Å²) in [6.45, 7) is 3.53. The topological polar surface area (TPSA) is 85.5 Å². The fraction of sp³-hybridized carbons (Fsp3) is 0.529. The third-order valence-electron chi connectivity index (χ3n) is 4.91. The third-order valence-corrected chi connectivity index (χ3v) is 4.91. The Hall–Kier alpha value is -2.68. The van der Waals surface area contributed by atoms with E-state index >= 15 is 0 Å². The minimum atomic E-state index is -0.167. The number of imidazole rings is 1. The number of likely N-dealkylation sites (tertiary alicyclic amines) is 1. The Kier molecular flexibility index (Phi) is 4.70. The van der Waals surface area contributed by atoms with Crippen LogP contribution in [0.25, 0.3) is 5.82 Å². The zero-order valence-corrected chi connectivity index (χ0v) is 14.5. The van der Waals surface area contributed by atoms with Gasteiger partial charge >= 0.3 is 6.03 Å². The molecule has 2 fully saturated rings. The number of amides is 2. The number of hydrogen-bond acceptors (Lipinski definition) is 5. The van der Waals surface area contributed by atoms with Crippen molar-refractivity contribution in [3.05, 3.63) is 41.2 Å². The molecule has 4 rings (SSSR count). The lowest BCUT2D eigenvalue weighted by Crippen LogP contribution is -2.50. The van der Waals surface area contributed by atoms with Crippen molar-refractivity contribution in [1.29, 1.82) is 0 Å². The molecule has 1 atom stereocenters. The lowest BCUT2D eigenvalue weighted by atomic mass is 10.2. The van der Waals surface area contributed by atoms with Gasteiger partial charge in [-0.2, -0.15) is 5.10 Å². The molecule has 0 aliphatic carbocycles. The number of rotatable bonds is 3. The van der Waals surface area contributed by atoms with E-state index in [1.807, 2.05) is 9.80 Å². The van der Waals surface area contributed by atoms with Crippen molar-refractivity contribution in [2.75, 3.05) is 32.8 Å². The number of nitrogens with zero attached hydrogens (tertiary/aromatic N) is 6. The normalized spacial score (nSPS) is 20.5. The Labute approximate surface area is 150 Å². The van der Waals surface area contributed by atoms with Gasteiger partial charge in [-0.15, -0.1) is 0 Å². The van der Waals surface area contributed by atoms with Gasteiger partial charge in [0.2, 0.25) is 0 Å². The van der Waals surface area contributed by atoms with Crippen LogP contribution in [0.4, 0.5) is 4.79 Å². The van der Waals surface area contributed by atoms with Gasteiger partial charge in [0.15, 0.2) is 5.82 Å². The van der Waals surface area contributed by atoms with Crippen molar-refractivity contribution in [2.45, 2.75) is 25.4 Å². The maximum Gasteiger partial charge on any atom is 0.320 e. The van der Waals surface area contributed by atoms with E-state index in [1.165, 1.54) is 10.7 Å². The molecule has 2 amide bonds. The van der Waals surface area contributed by atoms with Gasteiger partial charge < -0.3 is 14.5 Å². The molecule has 0 bridgehead atoms. The fourth-order valence-corrected chi connectivity index (χ4v) is 3.51. The minimum Gasteiger partial charge on any atom is -0.378 e. The summed E-state index contributed by atoms with van der Waals surface area (Å²) in [5.74, 6) is 0.631. The molecule has 26 heavy (non-hydrogen) atoms. The van der Waals surface area contributed by atoms with Crippen LogP contribution in [0.2, 0.25) is 0 Å². The number of hydrogen-bond donors (Lipinski definition) is 0. The van der Waals surface area contributed by atoms with Gasteiger partial charge in [-0.05, 0) is 18.9 Å². The van der Waals surface area contributed by atoms with E-state index in [0.29, 0.717) is 38.7 Å². The van der Waals surface area contributed by atoms with Crippen LogP contribution in [-0.2, 0) is 11.3 Å². The van der Waals surface area contributed by atoms with Gasteiger partial charge in [0, 0.05) is 38.1 Å². The van der Waals surface area contributed by atoms with Gasteiger partial charge in [0.05, 0.1) is 25.8 Å². The van der Waals surface area contributed by atoms with E-state index in [1.54, 1.807) is 29.4 Å². The first kappa shape index (κ1) is 16.8. The lowest BCUT2D eigenvalue weighted by Gasteiger charge is -2.33. The van der Waals surface area contributed by atoms with Crippen LogP contribution >= 0.6 is 0 Å². The Morgan fingerprint density at radius 1 is 1.23 bits per heavy atom. The molecule has 0 radical (unpaired) electrons. The maximum atomic E-state index is 12.8. The van der Waals surface area contributed by atoms with Crippen LogP contribution in [0.3, 0.4) is 0 Å². The number of morpholine rings is 1. The average molecular weight is 358 g/mol. The van der Waals surface area contributed by atoms with Crippen molar-refractivity contribution in [1.82, 2.24) is 29.1 Å². The van der Waals surface area contributed by atoms with Crippen LogP contribution in [0, 0.1) is 0 Å². The van der Waals surface area contributed by atoms with Gasteiger partial charge in [-0.1, -0.05) is 0 Å². The van der Waals surface area contributed by atoms with Crippen molar-refractivity contribution in [3.8, 4) is 5.82 Å². The summed E-state index contributed by atoms with van der Waals surface area (Å²) >= 11 is 0. The van der Waals surface area contributed by atoms with Crippen LogP contribution in [0.1, 0.15) is 12.8 Å². The first-order chi connectivity index (χ1) is 12.7. The van der Waals surface area contributed by atoms with Crippen LogP contribution < -0.4 is 5.56 Å². The summed E-state index contributed by atoms with van der Waals surface area (Å²) in [7, 11) is 0. The molecule has 0 N–H and O–H groups in total. The zero-order chi connectivity index (χ0) is 17.9. The van der Waals surface area contributed by atoms with E-state index in [9.17, 15) is 9.59 Å². The molecule has 0 saturated carbocycles.